The molecule has 0 saturated carbocycles. The van der Waals surface area contributed by atoms with Gasteiger partial charge in [-0.1, -0.05) is 11.3 Å². The van der Waals surface area contributed by atoms with E-state index >= 15 is 0 Å². The second kappa shape index (κ2) is 4.80. The quantitative estimate of drug-likeness (QED) is 0.805. The standard InChI is InChI=1S/C10H16N4OS/c1-13(2)10-12-7-8(16-10)9(15)14-5-3-11-4-6-14/h7,11H,3-6H2,1-2H3. The van der Waals surface area contributed by atoms with Crippen molar-refractivity contribution in [3.05, 3.63) is 11.1 Å². The fourth-order valence-corrected chi connectivity index (χ4v) is 2.40. The predicted molar refractivity (Wildman–Crippen MR) is 65.2 cm³/mol. The van der Waals surface area contributed by atoms with Gasteiger partial charge in [-0.3, -0.25) is 4.79 Å². The van der Waals surface area contributed by atoms with E-state index in [1.165, 1.54) is 11.3 Å². The van der Waals surface area contributed by atoms with E-state index in [0.29, 0.717) is 0 Å². The van der Waals surface area contributed by atoms with Gasteiger partial charge >= 0.3 is 0 Å². The molecule has 1 aromatic heterocycles. The highest BCUT2D eigenvalue weighted by atomic mass is 32.1. The van der Waals surface area contributed by atoms with Gasteiger partial charge in [0.15, 0.2) is 5.13 Å². The maximum atomic E-state index is 12.1. The number of thiazole rings is 1. The summed E-state index contributed by atoms with van der Waals surface area (Å²) in [5.41, 5.74) is 0. The monoisotopic (exact) mass is 240 g/mol. The van der Waals surface area contributed by atoms with Crippen LogP contribution < -0.4 is 10.2 Å². The fraction of sp³-hybridized carbons (Fsp3) is 0.600. The molecule has 1 aliphatic heterocycles. The summed E-state index contributed by atoms with van der Waals surface area (Å²) in [5.74, 6) is 0.104. The van der Waals surface area contributed by atoms with Gasteiger partial charge in [0.2, 0.25) is 0 Å². The molecule has 1 aromatic rings. The Labute approximate surface area is 99.1 Å². The molecular weight excluding hydrogens is 224 g/mol. The Hall–Kier alpha value is -1.14. The molecule has 16 heavy (non-hydrogen) atoms. The van der Waals surface area contributed by atoms with Crippen molar-refractivity contribution in [2.75, 3.05) is 45.2 Å². The molecule has 0 spiro atoms. The summed E-state index contributed by atoms with van der Waals surface area (Å²) in [6.45, 7) is 3.33. The minimum atomic E-state index is 0.104. The second-order valence-electron chi connectivity index (χ2n) is 3.94. The predicted octanol–water partition coefficient (Wildman–Crippen LogP) is 0.255. The molecule has 1 amide bonds. The van der Waals surface area contributed by atoms with Crippen molar-refractivity contribution in [1.82, 2.24) is 15.2 Å². The number of carbonyl (C=O) groups excluding carboxylic acids is 1. The second-order valence-corrected chi connectivity index (χ2v) is 4.95. The Morgan fingerprint density at radius 2 is 2.19 bits per heavy atom. The number of aromatic nitrogens is 1. The van der Waals surface area contributed by atoms with Crippen molar-refractivity contribution >= 4 is 22.4 Å². The van der Waals surface area contributed by atoms with E-state index < -0.39 is 0 Å². The summed E-state index contributed by atoms with van der Waals surface area (Å²) in [4.78, 5) is 20.8. The van der Waals surface area contributed by atoms with Crippen molar-refractivity contribution in [3.63, 3.8) is 0 Å². The van der Waals surface area contributed by atoms with Crippen molar-refractivity contribution in [2.45, 2.75) is 0 Å². The van der Waals surface area contributed by atoms with E-state index in [1.54, 1.807) is 6.20 Å². The third-order valence-corrected chi connectivity index (χ3v) is 3.64. The Kier molecular flexibility index (Phi) is 3.40. The first-order valence-corrected chi connectivity index (χ1v) is 6.13. The molecule has 0 radical (unpaired) electrons. The molecule has 0 unspecified atom stereocenters. The SMILES string of the molecule is CN(C)c1ncc(C(=O)N2CCNCC2)s1. The Balaban J connectivity index is 2.07. The number of amides is 1. The number of anilines is 1. The van der Waals surface area contributed by atoms with Crippen LogP contribution in [0.25, 0.3) is 0 Å². The van der Waals surface area contributed by atoms with Gasteiger partial charge in [-0.25, -0.2) is 4.98 Å². The summed E-state index contributed by atoms with van der Waals surface area (Å²) in [6, 6.07) is 0. The molecular formula is C10H16N4OS. The van der Waals surface area contributed by atoms with Crippen LogP contribution >= 0.6 is 11.3 Å². The zero-order valence-electron chi connectivity index (χ0n) is 9.56. The third-order valence-electron chi connectivity index (χ3n) is 2.49. The fourth-order valence-electron chi connectivity index (χ4n) is 1.59. The number of nitrogens with zero attached hydrogens (tertiary/aromatic N) is 3. The largest absolute Gasteiger partial charge is 0.354 e. The van der Waals surface area contributed by atoms with E-state index in [1.807, 2.05) is 23.9 Å². The van der Waals surface area contributed by atoms with E-state index in [-0.39, 0.29) is 5.91 Å². The third kappa shape index (κ3) is 2.33. The molecule has 1 N–H and O–H groups in total. The van der Waals surface area contributed by atoms with Crippen LogP contribution in [0.1, 0.15) is 9.67 Å². The number of hydrogen-bond acceptors (Lipinski definition) is 5. The number of rotatable bonds is 2. The maximum absolute atomic E-state index is 12.1. The number of piperazine rings is 1. The van der Waals surface area contributed by atoms with Gasteiger partial charge in [0.05, 0.1) is 6.20 Å². The highest BCUT2D eigenvalue weighted by Gasteiger charge is 2.20. The van der Waals surface area contributed by atoms with Crippen LogP contribution in [0.4, 0.5) is 5.13 Å². The van der Waals surface area contributed by atoms with Crippen molar-refractivity contribution < 1.29 is 4.79 Å². The highest BCUT2D eigenvalue weighted by Crippen LogP contribution is 2.21. The lowest BCUT2D eigenvalue weighted by molar-refractivity contribution is 0.0740. The molecule has 0 aliphatic carbocycles. The van der Waals surface area contributed by atoms with Gasteiger partial charge in [0.1, 0.15) is 4.88 Å². The average Bonchev–Trinajstić information content (AvgIpc) is 2.78. The van der Waals surface area contributed by atoms with Gasteiger partial charge in [0, 0.05) is 40.3 Å². The van der Waals surface area contributed by atoms with Crippen LogP contribution in [0.15, 0.2) is 6.20 Å². The average molecular weight is 240 g/mol. The minimum Gasteiger partial charge on any atom is -0.354 e. The first-order valence-electron chi connectivity index (χ1n) is 5.31. The molecule has 2 rings (SSSR count). The van der Waals surface area contributed by atoms with Crippen LogP contribution in [-0.2, 0) is 0 Å². The number of carbonyl (C=O) groups is 1. The normalized spacial score (nSPS) is 16.2. The van der Waals surface area contributed by atoms with Gasteiger partial charge in [-0.15, -0.1) is 0 Å². The van der Waals surface area contributed by atoms with E-state index in [2.05, 4.69) is 10.3 Å². The van der Waals surface area contributed by atoms with Crippen molar-refractivity contribution in [2.24, 2.45) is 0 Å². The van der Waals surface area contributed by atoms with Crippen LogP contribution in [0, 0.1) is 0 Å². The van der Waals surface area contributed by atoms with Gasteiger partial charge < -0.3 is 15.1 Å². The van der Waals surface area contributed by atoms with Crippen LogP contribution in [0.3, 0.4) is 0 Å². The van der Waals surface area contributed by atoms with Gasteiger partial charge in [-0.05, 0) is 0 Å². The number of nitrogens with one attached hydrogen (secondary N) is 1. The lowest BCUT2D eigenvalue weighted by atomic mass is 10.3. The minimum absolute atomic E-state index is 0.104. The lowest BCUT2D eigenvalue weighted by Crippen LogP contribution is -2.46. The van der Waals surface area contributed by atoms with Crippen molar-refractivity contribution in [3.8, 4) is 0 Å². The smallest absolute Gasteiger partial charge is 0.265 e. The Morgan fingerprint density at radius 3 is 2.75 bits per heavy atom. The van der Waals surface area contributed by atoms with Crippen LogP contribution in [0.2, 0.25) is 0 Å². The summed E-state index contributed by atoms with van der Waals surface area (Å²) in [7, 11) is 3.86. The molecule has 1 fully saturated rings. The maximum Gasteiger partial charge on any atom is 0.265 e. The van der Waals surface area contributed by atoms with Crippen LogP contribution in [-0.4, -0.2) is 56.1 Å². The van der Waals surface area contributed by atoms with Gasteiger partial charge in [-0.2, -0.15) is 0 Å². The van der Waals surface area contributed by atoms with E-state index in [0.717, 1.165) is 36.2 Å². The summed E-state index contributed by atoms with van der Waals surface area (Å²) in [5, 5.41) is 4.10. The summed E-state index contributed by atoms with van der Waals surface area (Å²) >= 11 is 1.45. The molecule has 88 valence electrons. The Morgan fingerprint density at radius 1 is 1.50 bits per heavy atom. The first-order chi connectivity index (χ1) is 7.68. The van der Waals surface area contributed by atoms with Crippen molar-refractivity contribution in [1.29, 1.82) is 0 Å². The molecule has 6 heteroatoms. The summed E-state index contributed by atoms with van der Waals surface area (Å²) < 4.78 is 0. The number of hydrogen-bond donors (Lipinski definition) is 1. The molecule has 0 atom stereocenters. The molecule has 0 bridgehead atoms. The molecule has 1 saturated heterocycles. The molecule has 2 heterocycles. The zero-order valence-corrected chi connectivity index (χ0v) is 10.4. The topological polar surface area (TPSA) is 48.5 Å². The zero-order chi connectivity index (χ0) is 11.5. The first kappa shape index (κ1) is 11.3. The molecule has 0 aromatic carbocycles. The Bertz CT molecular complexity index is 371. The van der Waals surface area contributed by atoms with Gasteiger partial charge in [0.25, 0.3) is 5.91 Å². The highest BCUT2D eigenvalue weighted by molar-refractivity contribution is 7.17. The molecule has 5 nitrogen and oxygen atoms in total. The van der Waals surface area contributed by atoms with E-state index in [4.69, 9.17) is 0 Å². The van der Waals surface area contributed by atoms with E-state index in [9.17, 15) is 4.79 Å². The molecule has 1 aliphatic rings. The summed E-state index contributed by atoms with van der Waals surface area (Å²) in [6.07, 6.45) is 1.67. The lowest BCUT2D eigenvalue weighted by Gasteiger charge is -2.26. The van der Waals surface area contributed by atoms with Crippen LogP contribution in [0.5, 0.6) is 0 Å².